The fraction of sp³-hybridized carbons (Fsp3) is 0.500. The summed E-state index contributed by atoms with van der Waals surface area (Å²) in [7, 11) is 2.21. The molecule has 1 aromatic heterocycles. The molecule has 1 saturated carbocycles. The molecule has 0 amide bonds. The van der Waals surface area contributed by atoms with Crippen molar-refractivity contribution in [2.45, 2.75) is 31.8 Å². The van der Waals surface area contributed by atoms with Crippen LogP contribution in [0.4, 0.5) is 10.8 Å². The standard InChI is InChI=1S/C14H20N4S/c1-9(18(2)11-4-5-11)8-16-14-17-12-6-3-10(15)7-13(12)19-14/h3,6-7,9,11H,4-5,8,15H2,1-2H3,(H,16,17). The maximum absolute atomic E-state index is 5.79. The monoisotopic (exact) mass is 276 g/mol. The zero-order valence-electron chi connectivity index (χ0n) is 11.4. The summed E-state index contributed by atoms with van der Waals surface area (Å²) >= 11 is 1.67. The van der Waals surface area contributed by atoms with E-state index in [2.05, 4.69) is 29.2 Å². The number of hydrogen-bond acceptors (Lipinski definition) is 5. The van der Waals surface area contributed by atoms with Crippen LogP contribution in [-0.2, 0) is 0 Å². The second-order valence-electron chi connectivity index (χ2n) is 5.37. The van der Waals surface area contributed by atoms with Crippen molar-refractivity contribution in [3.05, 3.63) is 18.2 Å². The summed E-state index contributed by atoms with van der Waals surface area (Å²) in [4.78, 5) is 7.04. The first-order chi connectivity index (χ1) is 9.13. The van der Waals surface area contributed by atoms with E-state index in [1.54, 1.807) is 11.3 Å². The van der Waals surface area contributed by atoms with Crippen LogP contribution in [-0.4, -0.2) is 35.6 Å². The van der Waals surface area contributed by atoms with E-state index in [1.165, 1.54) is 12.8 Å². The summed E-state index contributed by atoms with van der Waals surface area (Å²) in [5.74, 6) is 0. The Kier molecular flexibility index (Phi) is 3.33. The second-order valence-corrected chi connectivity index (χ2v) is 6.40. The van der Waals surface area contributed by atoms with E-state index in [9.17, 15) is 0 Å². The third-order valence-corrected chi connectivity index (χ3v) is 4.76. The van der Waals surface area contributed by atoms with Gasteiger partial charge in [-0.1, -0.05) is 11.3 Å². The predicted octanol–water partition coefficient (Wildman–Crippen LogP) is 2.77. The number of nitrogens with zero attached hydrogens (tertiary/aromatic N) is 2. The molecule has 1 atom stereocenters. The lowest BCUT2D eigenvalue weighted by atomic mass is 10.3. The number of benzene rings is 1. The molecular formula is C14H20N4S. The number of nitrogens with two attached hydrogens (primary N) is 1. The first-order valence-corrected chi connectivity index (χ1v) is 7.57. The molecule has 1 fully saturated rings. The third-order valence-electron chi connectivity index (χ3n) is 3.78. The van der Waals surface area contributed by atoms with Gasteiger partial charge in [0.15, 0.2) is 5.13 Å². The van der Waals surface area contributed by atoms with Crippen LogP contribution in [0.2, 0.25) is 0 Å². The van der Waals surface area contributed by atoms with Crippen molar-refractivity contribution in [2.75, 3.05) is 24.6 Å². The van der Waals surface area contributed by atoms with Crippen molar-refractivity contribution in [1.29, 1.82) is 0 Å². The average Bonchev–Trinajstić information content (AvgIpc) is 3.16. The van der Waals surface area contributed by atoms with E-state index in [0.717, 1.165) is 33.6 Å². The summed E-state index contributed by atoms with van der Waals surface area (Å²) in [6.07, 6.45) is 2.70. The molecule has 0 bridgehead atoms. The molecule has 0 saturated heterocycles. The van der Waals surface area contributed by atoms with E-state index in [4.69, 9.17) is 5.73 Å². The lowest BCUT2D eigenvalue weighted by Gasteiger charge is -2.24. The Morgan fingerprint density at radius 2 is 2.32 bits per heavy atom. The van der Waals surface area contributed by atoms with Gasteiger partial charge < -0.3 is 11.1 Å². The second kappa shape index (κ2) is 4.98. The first-order valence-electron chi connectivity index (χ1n) is 6.75. The Balaban J connectivity index is 1.64. The van der Waals surface area contributed by atoms with Crippen LogP contribution in [0.15, 0.2) is 18.2 Å². The molecule has 1 aliphatic carbocycles. The van der Waals surface area contributed by atoms with Crippen molar-refractivity contribution in [2.24, 2.45) is 0 Å². The highest BCUT2D eigenvalue weighted by molar-refractivity contribution is 7.22. The van der Waals surface area contributed by atoms with Crippen molar-refractivity contribution < 1.29 is 0 Å². The zero-order chi connectivity index (χ0) is 13.4. The highest BCUT2D eigenvalue weighted by Gasteiger charge is 2.28. The number of aromatic nitrogens is 1. The minimum absolute atomic E-state index is 0.532. The fourth-order valence-electron chi connectivity index (χ4n) is 2.24. The van der Waals surface area contributed by atoms with Gasteiger partial charge in [-0.3, -0.25) is 4.90 Å². The first kappa shape index (κ1) is 12.7. The molecule has 1 heterocycles. The minimum Gasteiger partial charge on any atom is -0.399 e. The van der Waals surface area contributed by atoms with Crippen molar-refractivity contribution in [3.63, 3.8) is 0 Å². The molecule has 0 spiro atoms. The number of anilines is 2. The van der Waals surface area contributed by atoms with Gasteiger partial charge in [0.05, 0.1) is 10.2 Å². The number of fused-ring (bicyclic) bond motifs is 1. The molecule has 19 heavy (non-hydrogen) atoms. The normalized spacial score (nSPS) is 17.0. The van der Waals surface area contributed by atoms with E-state index in [-0.39, 0.29) is 0 Å². The van der Waals surface area contributed by atoms with E-state index < -0.39 is 0 Å². The molecule has 1 unspecified atom stereocenters. The summed E-state index contributed by atoms with van der Waals surface area (Å²) in [6, 6.07) is 7.19. The third kappa shape index (κ3) is 2.82. The Morgan fingerprint density at radius 3 is 3.05 bits per heavy atom. The Labute approximate surface area is 117 Å². The highest BCUT2D eigenvalue weighted by atomic mass is 32.1. The predicted molar refractivity (Wildman–Crippen MR) is 82.8 cm³/mol. The van der Waals surface area contributed by atoms with Gasteiger partial charge >= 0.3 is 0 Å². The van der Waals surface area contributed by atoms with Crippen LogP contribution in [0.1, 0.15) is 19.8 Å². The van der Waals surface area contributed by atoms with Gasteiger partial charge in [-0.05, 0) is 45.0 Å². The highest BCUT2D eigenvalue weighted by Crippen LogP contribution is 2.29. The molecule has 0 radical (unpaired) electrons. The lowest BCUT2D eigenvalue weighted by molar-refractivity contribution is 0.257. The zero-order valence-corrected chi connectivity index (χ0v) is 12.2. The SMILES string of the molecule is CC(CNc1nc2ccc(N)cc2s1)N(C)C1CC1. The largest absolute Gasteiger partial charge is 0.399 e. The summed E-state index contributed by atoms with van der Waals surface area (Å²) in [5, 5.41) is 4.42. The Bertz CT molecular complexity index is 576. The maximum Gasteiger partial charge on any atom is 0.183 e. The van der Waals surface area contributed by atoms with E-state index in [1.807, 2.05) is 18.2 Å². The summed E-state index contributed by atoms with van der Waals surface area (Å²) in [5.41, 5.74) is 7.60. The number of thiazole rings is 1. The van der Waals surface area contributed by atoms with Gasteiger partial charge in [0.1, 0.15) is 0 Å². The molecule has 2 aromatic rings. The summed E-state index contributed by atoms with van der Waals surface area (Å²) in [6.45, 7) is 3.19. The lowest BCUT2D eigenvalue weighted by Crippen LogP contribution is -2.36. The van der Waals surface area contributed by atoms with Crippen LogP contribution in [0.25, 0.3) is 10.2 Å². The topological polar surface area (TPSA) is 54.2 Å². The molecule has 102 valence electrons. The number of nitrogens with one attached hydrogen (secondary N) is 1. The maximum atomic E-state index is 5.79. The van der Waals surface area contributed by atoms with E-state index >= 15 is 0 Å². The molecule has 1 aliphatic rings. The molecule has 0 aliphatic heterocycles. The van der Waals surface area contributed by atoms with Crippen LogP contribution in [0.5, 0.6) is 0 Å². The molecule has 3 rings (SSSR count). The van der Waals surface area contributed by atoms with Crippen molar-refractivity contribution in [1.82, 2.24) is 9.88 Å². The van der Waals surface area contributed by atoms with Gasteiger partial charge in [0, 0.05) is 24.3 Å². The van der Waals surface area contributed by atoms with E-state index in [0.29, 0.717) is 6.04 Å². The molecule has 1 aromatic carbocycles. The van der Waals surface area contributed by atoms with Crippen molar-refractivity contribution >= 4 is 32.4 Å². The average molecular weight is 276 g/mol. The molecule has 5 heteroatoms. The Hall–Kier alpha value is -1.33. The molecule has 3 N–H and O–H groups in total. The Morgan fingerprint density at radius 1 is 1.53 bits per heavy atom. The van der Waals surface area contributed by atoms with Crippen LogP contribution in [0, 0.1) is 0 Å². The fourth-order valence-corrected chi connectivity index (χ4v) is 3.16. The number of rotatable bonds is 5. The van der Waals surface area contributed by atoms with Gasteiger partial charge in [-0.15, -0.1) is 0 Å². The van der Waals surface area contributed by atoms with Crippen LogP contribution >= 0.6 is 11.3 Å². The van der Waals surface area contributed by atoms with Gasteiger partial charge in [-0.25, -0.2) is 4.98 Å². The summed E-state index contributed by atoms with van der Waals surface area (Å²) < 4.78 is 1.14. The van der Waals surface area contributed by atoms with Gasteiger partial charge in [0.2, 0.25) is 0 Å². The quantitative estimate of drug-likeness (QED) is 0.825. The van der Waals surface area contributed by atoms with Gasteiger partial charge in [-0.2, -0.15) is 0 Å². The van der Waals surface area contributed by atoms with Crippen LogP contribution in [0.3, 0.4) is 0 Å². The van der Waals surface area contributed by atoms with Gasteiger partial charge in [0.25, 0.3) is 0 Å². The van der Waals surface area contributed by atoms with Crippen LogP contribution < -0.4 is 11.1 Å². The molecule has 4 nitrogen and oxygen atoms in total. The molecular weight excluding hydrogens is 256 g/mol. The number of likely N-dealkylation sites (N-methyl/N-ethyl adjacent to an activating group) is 1. The smallest absolute Gasteiger partial charge is 0.183 e. The number of nitrogen functional groups attached to an aromatic ring is 1. The number of hydrogen-bond donors (Lipinski definition) is 2. The van der Waals surface area contributed by atoms with Crippen molar-refractivity contribution in [3.8, 4) is 0 Å². The minimum atomic E-state index is 0.532.